The number of ether oxygens (including phenoxy) is 1. The highest BCUT2D eigenvalue weighted by Crippen LogP contribution is 2.22. The molecular weight excluding hydrogens is 408 g/mol. The summed E-state index contributed by atoms with van der Waals surface area (Å²) in [4.78, 5) is 18.3. The second-order valence-electron chi connectivity index (χ2n) is 7.78. The predicted molar refractivity (Wildman–Crippen MR) is 122 cm³/mol. The number of anilines is 1. The van der Waals surface area contributed by atoms with Gasteiger partial charge in [0.2, 0.25) is 5.91 Å². The van der Waals surface area contributed by atoms with Gasteiger partial charge in [-0.1, -0.05) is 17.7 Å². The first-order chi connectivity index (χ1) is 13.9. The van der Waals surface area contributed by atoms with Crippen LogP contribution in [-0.4, -0.2) is 84.2 Å². The van der Waals surface area contributed by atoms with Crippen molar-refractivity contribution in [1.29, 1.82) is 0 Å². The summed E-state index contributed by atoms with van der Waals surface area (Å²) in [5, 5.41) is 4.83. The van der Waals surface area contributed by atoms with Crippen LogP contribution in [-0.2, 0) is 9.53 Å². The molecule has 2 aliphatic rings. The Labute approximate surface area is 184 Å². The Morgan fingerprint density at radius 1 is 1.28 bits per heavy atom. The average molecular weight is 439 g/mol. The van der Waals surface area contributed by atoms with E-state index < -0.39 is 0 Å². The Morgan fingerprint density at radius 2 is 1.97 bits per heavy atom. The van der Waals surface area contributed by atoms with Crippen molar-refractivity contribution in [3.63, 3.8) is 0 Å². The van der Waals surface area contributed by atoms with Crippen molar-refractivity contribution in [3.8, 4) is 0 Å². The second kappa shape index (κ2) is 10.6. The number of nitrogens with zero attached hydrogens (tertiary/aromatic N) is 3. The number of nitrogens with one attached hydrogen (secondary N) is 1. The molecule has 1 N–H and O–H groups in total. The summed E-state index contributed by atoms with van der Waals surface area (Å²) in [5.74, 6) is 0.151. The molecule has 3 rings (SSSR count). The number of benzene rings is 1. The lowest BCUT2D eigenvalue weighted by atomic mass is 10.0. The highest BCUT2D eigenvalue weighted by Gasteiger charge is 2.28. The number of morpholine rings is 1. The summed E-state index contributed by atoms with van der Waals surface area (Å²) in [6.07, 6.45) is 1.86. The summed E-state index contributed by atoms with van der Waals surface area (Å²) in [6, 6.07) is 6.25. The lowest BCUT2D eigenvalue weighted by Crippen LogP contribution is -2.52. The molecule has 1 amide bonds. The number of hydrogen-bond acceptors (Lipinski definition) is 4. The molecule has 2 heterocycles. The van der Waals surface area contributed by atoms with Crippen molar-refractivity contribution >= 4 is 40.5 Å². The third-order valence-corrected chi connectivity index (χ3v) is 6.54. The molecule has 2 saturated heterocycles. The summed E-state index contributed by atoms with van der Waals surface area (Å²) >= 11 is 12.1. The Hall–Kier alpha value is -1.41. The van der Waals surface area contributed by atoms with Crippen molar-refractivity contribution in [1.82, 2.24) is 14.7 Å². The Morgan fingerprint density at radius 3 is 2.59 bits per heavy atom. The van der Waals surface area contributed by atoms with Crippen LogP contribution in [0.15, 0.2) is 18.2 Å². The largest absolute Gasteiger partial charge is 0.379 e. The summed E-state index contributed by atoms with van der Waals surface area (Å²) in [5.41, 5.74) is 1.95. The molecule has 1 aromatic carbocycles. The maximum Gasteiger partial charge on any atom is 0.219 e. The number of amides is 1. The number of carbonyl (C=O) groups is 1. The topological polar surface area (TPSA) is 48.1 Å². The van der Waals surface area contributed by atoms with Crippen molar-refractivity contribution in [2.24, 2.45) is 0 Å². The number of aryl methyl sites for hydroxylation is 1. The van der Waals surface area contributed by atoms with Gasteiger partial charge in [0, 0.05) is 62.9 Å². The van der Waals surface area contributed by atoms with E-state index in [-0.39, 0.29) is 5.91 Å². The van der Waals surface area contributed by atoms with Gasteiger partial charge in [0.25, 0.3) is 0 Å². The molecule has 0 radical (unpaired) electrons. The van der Waals surface area contributed by atoms with Crippen LogP contribution in [0.3, 0.4) is 0 Å². The molecular formula is C21H31ClN4O2S. The molecule has 2 fully saturated rings. The fourth-order valence-corrected chi connectivity index (χ4v) is 4.42. The van der Waals surface area contributed by atoms with Crippen LogP contribution < -0.4 is 5.32 Å². The first-order valence-corrected chi connectivity index (χ1v) is 11.1. The summed E-state index contributed by atoms with van der Waals surface area (Å²) in [7, 11) is 0. The number of piperidine rings is 1. The third kappa shape index (κ3) is 6.28. The second-order valence-corrected chi connectivity index (χ2v) is 8.57. The zero-order valence-corrected chi connectivity index (χ0v) is 18.9. The Kier molecular flexibility index (Phi) is 8.12. The Bertz CT molecular complexity index is 719. The fourth-order valence-electron chi connectivity index (χ4n) is 3.88. The van der Waals surface area contributed by atoms with Crippen LogP contribution in [0.2, 0.25) is 5.02 Å². The van der Waals surface area contributed by atoms with Gasteiger partial charge in [-0.2, -0.15) is 0 Å². The average Bonchev–Trinajstić information content (AvgIpc) is 2.72. The van der Waals surface area contributed by atoms with Crippen LogP contribution >= 0.6 is 23.8 Å². The lowest BCUT2D eigenvalue weighted by molar-refractivity contribution is -0.130. The van der Waals surface area contributed by atoms with Crippen molar-refractivity contribution in [2.45, 2.75) is 32.7 Å². The van der Waals surface area contributed by atoms with Crippen molar-refractivity contribution < 1.29 is 9.53 Å². The van der Waals surface area contributed by atoms with E-state index in [1.165, 1.54) is 0 Å². The van der Waals surface area contributed by atoms with E-state index in [1.54, 1.807) is 6.92 Å². The monoisotopic (exact) mass is 438 g/mol. The van der Waals surface area contributed by atoms with E-state index in [0.717, 1.165) is 86.7 Å². The molecule has 8 heteroatoms. The van der Waals surface area contributed by atoms with Crippen molar-refractivity contribution in [2.75, 3.05) is 57.8 Å². The van der Waals surface area contributed by atoms with Gasteiger partial charge in [-0.3, -0.25) is 9.69 Å². The predicted octanol–water partition coefficient (Wildman–Crippen LogP) is 2.99. The van der Waals surface area contributed by atoms with E-state index in [9.17, 15) is 4.79 Å². The number of halogens is 1. The minimum absolute atomic E-state index is 0.151. The molecule has 6 nitrogen and oxygen atoms in total. The van der Waals surface area contributed by atoms with Gasteiger partial charge in [0.15, 0.2) is 5.11 Å². The number of carbonyl (C=O) groups excluding carboxylic acids is 1. The maximum absolute atomic E-state index is 11.7. The van der Waals surface area contributed by atoms with Crippen LogP contribution in [0.25, 0.3) is 0 Å². The van der Waals surface area contributed by atoms with Gasteiger partial charge in [-0.25, -0.2) is 0 Å². The molecule has 1 aromatic rings. The van der Waals surface area contributed by atoms with E-state index in [2.05, 4.69) is 15.1 Å². The quantitative estimate of drug-likeness (QED) is 0.713. The molecule has 2 aliphatic heterocycles. The van der Waals surface area contributed by atoms with Gasteiger partial charge in [-0.15, -0.1) is 0 Å². The van der Waals surface area contributed by atoms with Gasteiger partial charge in [0.05, 0.1) is 13.2 Å². The number of likely N-dealkylation sites (tertiary alicyclic amines) is 1. The number of hydrogen-bond donors (Lipinski definition) is 1. The molecule has 160 valence electrons. The van der Waals surface area contributed by atoms with Crippen LogP contribution in [0.5, 0.6) is 0 Å². The molecule has 0 bridgehead atoms. The number of rotatable bonds is 5. The van der Waals surface area contributed by atoms with E-state index in [1.807, 2.05) is 30.0 Å². The molecule has 0 aromatic heterocycles. The van der Waals surface area contributed by atoms with Crippen LogP contribution in [0, 0.1) is 6.92 Å². The molecule has 0 saturated carbocycles. The third-order valence-electron chi connectivity index (χ3n) is 5.80. The van der Waals surface area contributed by atoms with Gasteiger partial charge >= 0.3 is 0 Å². The van der Waals surface area contributed by atoms with Crippen LogP contribution in [0.1, 0.15) is 25.3 Å². The molecule has 0 atom stereocenters. The summed E-state index contributed by atoms with van der Waals surface area (Å²) < 4.78 is 5.46. The first-order valence-electron chi connectivity index (χ1n) is 10.3. The molecule has 0 unspecified atom stereocenters. The zero-order valence-electron chi connectivity index (χ0n) is 17.3. The highest BCUT2D eigenvalue weighted by atomic mass is 35.5. The molecule has 0 aliphatic carbocycles. The van der Waals surface area contributed by atoms with E-state index in [0.29, 0.717) is 6.04 Å². The first kappa shape index (κ1) is 22.3. The van der Waals surface area contributed by atoms with Crippen LogP contribution in [0.4, 0.5) is 5.69 Å². The van der Waals surface area contributed by atoms with Gasteiger partial charge in [-0.05, 0) is 49.7 Å². The zero-order chi connectivity index (χ0) is 20.8. The minimum Gasteiger partial charge on any atom is -0.379 e. The number of thiocarbonyl (C=S) groups is 1. The maximum atomic E-state index is 11.7. The normalized spacial score (nSPS) is 18.5. The standard InChI is InChI=1S/C21H31ClN4O2S/c1-16-3-4-18(15-20(16)22)23-21(29)26(10-9-24-11-13-28-14-12-24)19-5-7-25(8-6-19)17(2)27/h3-4,15,19H,5-14H2,1-2H3,(H,23,29). The SMILES string of the molecule is CC(=O)N1CCC(N(CCN2CCOCC2)C(=S)Nc2ccc(C)c(Cl)c2)CC1. The highest BCUT2D eigenvalue weighted by molar-refractivity contribution is 7.80. The smallest absolute Gasteiger partial charge is 0.219 e. The van der Waals surface area contributed by atoms with Crippen molar-refractivity contribution in [3.05, 3.63) is 28.8 Å². The van der Waals surface area contributed by atoms with E-state index >= 15 is 0 Å². The van der Waals surface area contributed by atoms with Gasteiger partial charge < -0.3 is 19.9 Å². The lowest BCUT2D eigenvalue weighted by Gasteiger charge is -2.40. The van der Waals surface area contributed by atoms with Gasteiger partial charge in [0.1, 0.15) is 0 Å². The minimum atomic E-state index is 0.151. The Balaban J connectivity index is 1.66. The fraction of sp³-hybridized carbons (Fsp3) is 0.619. The van der Waals surface area contributed by atoms with E-state index in [4.69, 9.17) is 28.6 Å². The molecule has 29 heavy (non-hydrogen) atoms. The summed E-state index contributed by atoms with van der Waals surface area (Å²) in [6.45, 7) is 10.5. The molecule has 0 spiro atoms.